The van der Waals surface area contributed by atoms with Crippen molar-refractivity contribution >= 4 is 20.6 Å². The fourth-order valence-corrected chi connectivity index (χ4v) is 6.53. The lowest BCUT2D eigenvalue weighted by molar-refractivity contribution is 0.0294. The third kappa shape index (κ3) is 6.30. The van der Waals surface area contributed by atoms with Gasteiger partial charge in [0.15, 0.2) is 0 Å². The molecule has 2 fully saturated rings. The van der Waals surface area contributed by atoms with Crippen LogP contribution in [0.25, 0.3) is 0 Å². The molecule has 1 aliphatic heterocycles. The number of hydrogen-bond donors (Lipinski definition) is 1. The first-order valence-electron chi connectivity index (χ1n) is 11.3. The lowest BCUT2D eigenvalue weighted by Gasteiger charge is -2.39. The SMILES string of the molecule is C[Si](C)O[C@H]([C@H]1C[C@@H](O)[C@H](N2CCC(Cc3ccc(Cl)cc3)CC2)C1)C(C)(C)C. The van der Waals surface area contributed by atoms with Crippen LogP contribution in [0, 0.1) is 17.3 Å². The Morgan fingerprint density at radius 3 is 2.31 bits per heavy atom. The summed E-state index contributed by atoms with van der Waals surface area (Å²) >= 11 is 6.01. The van der Waals surface area contributed by atoms with Gasteiger partial charge in [-0.15, -0.1) is 0 Å². The van der Waals surface area contributed by atoms with Crippen molar-refractivity contribution in [3.63, 3.8) is 0 Å². The van der Waals surface area contributed by atoms with Crippen molar-refractivity contribution < 1.29 is 9.53 Å². The Kier molecular flexibility index (Phi) is 7.88. The van der Waals surface area contributed by atoms with Gasteiger partial charge >= 0.3 is 0 Å². The van der Waals surface area contributed by atoms with E-state index in [0.29, 0.717) is 12.0 Å². The maximum absolute atomic E-state index is 10.9. The summed E-state index contributed by atoms with van der Waals surface area (Å²) in [6, 6.07) is 8.60. The standard InChI is InChI=1S/C24H39ClNO2Si/c1-24(2,3)23(28-29(4)5)19-15-21(22(27)16-19)26-12-10-18(11-13-26)14-17-6-8-20(25)9-7-17/h6-9,18-19,21-23,27H,10-16H2,1-5H3/t19-,21-,22-,23-/m1/s1. The minimum atomic E-state index is -0.754. The zero-order valence-electron chi connectivity index (χ0n) is 18.8. The molecule has 163 valence electrons. The Morgan fingerprint density at radius 1 is 1.14 bits per heavy atom. The van der Waals surface area contributed by atoms with Gasteiger partial charge < -0.3 is 9.53 Å². The number of aliphatic hydroxyl groups excluding tert-OH is 1. The summed E-state index contributed by atoms with van der Waals surface area (Å²) < 4.78 is 6.44. The monoisotopic (exact) mass is 436 g/mol. The lowest BCUT2D eigenvalue weighted by atomic mass is 9.80. The normalized spacial score (nSPS) is 28.2. The van der Waals surface area contributed by atoms with Gasteiger partial charge in [0.1, 0.15) is 0 Å². The molecule has 1 aliphatic carbocycles. The van der Waals surface area contributed by atoms with Crippen molar-refractivity contribution in [3.05, 3.63) is 34.9 Å². The highest BCUT2D eigenvalue weighted by atomic mass is 35.5. The van der Waals surface area contributed by atoms with Crippen LogP contribution >= 0.6 is 11.6 Å². The highest BCUT2D eigenvalue weighted by Crippen LogP contribution is 2.41. The molecule has 1 radical (unpaired) electrons. The summed E-state index contributed by atoms with van der Waals surface area (Å²) in [6.45, 7) is 13.5. The Labute approximate surface area is 184 Å². The molecular weight excluding hydrogens is 398 g/mol. The number of nitrogens with zero attached hydrogens (tertiary/aromatic N) is 1. The van der Waals surface area contributed by atoms with Crippen molar-refractivity contribution in [3.8, 4) is 0 Å². The van der Waals surface area contributed by atoms with E-state index in [2.05, 4.69) is 50.9 Å². The molecule has 1 aromatic rings. The van der Waals surface area contributed by atoms with Crippen molar-refractivity contribution in [1.82, 2.24) is 4.90 Å². The second-order valence-corrected chi connectivity index (χ2v) is 13.0. The molecule has 1 N–H and O–H groups in total. The summed E-state index contributed by atoms with van der Waals surface area (Å²) in [4.78, 5) is 2.56. The zero-order chi connectivity index (χ0) is 21.2. The number of benzene rings is 1. The minimum absolute atomic E-state index is 0.118. The van der Waals surface area contributed by atoms with Crippen LogP contribution in [0.1, 0.15) is 52.0 Å². The summed E-state index contributed by atoms with van der Waals surface area (Å²) in [5.41, 5.74) is 1.50. The van der Waals surface area contributed by atoms with E-state index in [1.807, 2.05) is 12.1 Å². The van der Waals surface area contributed by atoms with E-state index in [0.717, 1.165) is 43.3 Å². The third-order valence-electron chi connectivity index (χ3n) is 6.73. The topological polar surface area (TPSA) is 32.7 Å². The Balaban J connectivity index is 1.54. The fourth-order valence-electron chi connectivity index (χ4n) is 5.35. The van der Waals surface area contributed by atoms with Gasteiger partial charge in [-0.25, -0.2) is 0 Å². The predicted molar refractivity (Wildman–Crippen MR) is 124 cm³/mol. The molecule has 5 heteroatoms. The van der Waals surface area contributed by atoms with E-state index in [9.17, 15) is 5.11 Å². The molecule has 3 nitrogen and oxygen atoms in total. The molecule has 1 saturated carbocycles. The van der Waals surface area contributed by atoms with Crippen LogP contribution in [0.2, 0.25) is 18.1 Å². The van der Waals surface area contributed by atoms with E-state index >= 15 is 0 Å². The number of piperidine rings is 1. The molecule has 0 unspecified atom stereocenters. The van der Waals surface area contributed by atoms with Gasteiger partial charge in [0.05, 0.1) is 12.2 Å². The van der Waals surface area contributed by atoms with Crippen LogP contribution < -0.4 is 0 Å². The van der Waals surface area contributed by atoms with Gasteiger partial charge in [-0.2, -0.15) is 0 Å². The number of rotatable bonds is 6. The molecule has 1 heterocycles. The molecule has 0 spiro atoms. The molecule has 1 saturated heterocycles. The van der Waals surface area contributed by atoms with Gasteiger partial charge in [0.2, 0.25) is 9.04 Å². The molecule has 0 amide bonds. The van der Waals surface area contributed by atoms with Crippen molar-refractivity contribution in [2.75, 3.05) is 13.1 Å². The average Bonchev–Trinajstić information content (AvgIpc) is 3.02. The van der Waals surface area contributed by atoms with E-state index in [4.69, 9.17) is 16.0 Å². The molecule has 3 rings (SSSR count). The summed E-state index contributed by atoms with van der Waals surface area (Å²) in [5, 5.41) is 11.7. The Bertz CT molecular complexity index is 637. The maximum atomic E-state index is 10.9. The van der Waals surface area contributed by atoms with Crippen molar-refractivity contribution in [2.45, 2.75) is 84.2 Å². The average molecular weight is 437 g/mol. The summed E-state index contributed by atoms with van der Waals surface area (Å²) in [5.74, 6) is 1.19. The maximum Gasteiger partial charge on any atom is 0.205 e. The van der Waals surface area contributed by atoms with Gasteiger partial charge in [-0.05, 0) is 93.2 Å². The number of likely N-dealkylation sites (tertiary alicyclic amines) is 1. The van der Waals surface area contributed by atoms with Crippen LogP contribution in [0.3, 0.4) is 0 Å². The molecule has 0 aromatic heterocycles. The molecule has 4 atom stereocenters. The first-order chi connectivity index (χ1) is 13.6. The molecule has 0 bridgehead atoms. The van der Waals surface area contributed by atoms with Gasteiger partial charge in [0, 0.05) is 11.1 Å². The highest BCUT2D eigenvalue weighted by Gasteiger charge is 2.44. The smallest absolute Gasteiger partial charge is 0.205 e. The van der Waals surface area contributed by atoms with E-state index in [1.165, 1.54) is 18.4 Å². The first-order valence-corrected chi connectivity index (χ1v) is 14.1. The molecule has 2 aliphatic rings. The number of halogens is 1. The van der Waals surface area contributed by atoms with Crippen LogP contribution in [-0.4, -0.2) is 50.4 Å². The number of hydrogen-bond acceptors (Lipinski definition) is 3. The van der Waals surface area contributed by atoms with E-state index < -0.39 is 9.04 Å². The highest BCUT2D eigenvalue weighted by molar-refractivity contribution is 6.48. The zero-order valence-corrected chi connectivity index (χ0v) is 20.6. The Hall–Kier alpha value is -0.393. The quantitative estimate of drug-likeness (QED) is 0.604. The lowest BCUT2D eigenvalue weighted by Crippen LogP contribution is -2.45. The van der Waals surface area contributed by atoms with Crippen LogP contribution in [0.5, 0.6) is 0 Å². The molecular formula is C24H39ClNO2Si. The predicted octanol–water partition coefficient (Wildman–Crippen LogP) is 5.42. The van der Waals surface area contributed by atoms with Crippen molar-refractivity contribution in [2.24, 2.45) is 17.3 Å². The first kappa shape index (κ1) is 23.3. The van der Waals surface area contributed by atoms with E-state index in [1.54, 1.807) is 0 Å². The second-order valence-electron chi connectivity index (χ2n) is 10.5. The minimum Gasteiger partial charge on any atom is -0.413 e. The number of aliphatic hydroxyl groups is 1. The van der Waals surface area contributed by atoms with Crippen molar-refractivity contribution in [1.29, 1.82) is 0 Å². The second kappa shape index (κ2) is 9.82. The summed E-state index contributed by atoms with van der Waals surface area (Å²) in [6.07, 6.45) is 5.55. The third-order valence-corrected chi connectivity index (χ3v) is 7.71. The van der Waals surface area contributed by atoms with Gasteiger partial charge in [-0.3, -0.25) is 4.90 Å². The Morgan fingerprint density at radius 2 is 1.76 bits per heavy atom. The largest absolute Gasteiger partial charge is 0.413 e. The van der Waals surface area contributed by atoms with Crippen LogP contribution in [0.15, 0.2) is 24.3 Å². The summed E-state index contributed by atoms with van der Waals surface area (Å²) in [7, 11) is -0.754. The van der Waals surface area contributed by atoms with Gasteiger partial charge in [0.25, 0.3) is 0 Å². The molecule has 1 aromatic carbocycles. The van der Waals surface area contributed by atoms with E-state index in [-0.39, 0.29) is 17.6 Å². The van der Waals surface area contributed by atoms with Gasteiger partial charge in [-0.1, -0.05) is 44.5 Å². The van der Waals surface area contributed by atoms with Crippen LogP contribution in [0.4, 0.5) is 0 Å². The molecule has 29 heavy (non-hydrogen) atoms. The van der Waals surface area contributed by atoms with Crippen LogP contribution in [-0.2, 0) is 10.8 Å². The fraction of sp³-hybridized carbons (Fsp3) is 0.750.